The second-order valence-corrected chi connectivity index (χ2v) is 5.17. The number of hydrogen-bond donors (Lipinski definition) is 0. The normalized spacial score (nSPS) is 11.8. The molecule has 0 spiro atoms. The molecule has 0 aliphatic carbocycles. The molecule has 0 fully saturated rings. The van der Waals surface area contributed by atoms with Gasteiger partial charge >= 0.3 is 0 Å². The van der Waals surface area contributed by atoms with Crippen LogP contribution in [-0.4, -0.2) is 19.7 Å². The highest BCUT2D eigenvalue weighted by Crippen LogP contribution is 2.17. The van der Waals surface area contributed by atoms with Crippen molar-refractivity contribution >= 4 is 20.6 Å². The van der Waals surface area contributed by atoms with Crippen LogP contribution in [0.15, 0.2) is 41.6 Å². The molecule has 0 aliphatic heterocycles. The van der Waals surface area contributed by atoms with Crippen molar-refractivity contribution in [3.05, 3.63) is 36.7 Å². The largest absolute Gasteiger partial charge is 0.264 e. The molecule has 72 valence electrons. The van der Waals surface area contributed by atoms with Crippen LogP contribution in [0, 0.1) is 0 Å². The van der Waals surface area contributed by atoms with E-state index in [0.29, 0.717) is 4.90 Å². The maximum Gasteiger partial charge on any atom is 0.175 e. The predicted molar refractivity (Wildman–Crippen MR) is 54.9 cm³/mol. The summed E-state index contributed by atoms with van der Waals surface area (Å²) in [6, 6.07) is 6.88. The van der Waals surface area contributed by atoms with E-state index >= 15 is 0 Å². The van der Waals surface area contributed by atoms with E-state index in [9.17, 15) is 8.42 Å². The van der Waals surface area contributed by atoms with Crippen LogP contribution in [0.25, 0.3) is 10.8 Å². The van der Waals surface area contributed by atoms with E-state index in [1.165, 1.54) is 6.26 Å². The molecule has 0 bridgehead atoms. The summed E-state index contributed by atoms with van der Waals surface area (Å²) in [7, 11) is -3.12. The third kappa shape index (κ3) is 1.61. The molecule has 0 amide bonds. The quantitative estimate of drug-likeness (QED) is 0.714. The molecule has 3 nitrogen and oxygen atoms in total. The molecule has 0 unspecified atom stereocenters. The number of nitrogens with zero attached hydrogens (tertiary/aromatic N) is 1. The van der Waals surface area contributed by atoms with E-state index in [2.05, 4.69) is 4.98 Å². The maximum absolute atomic E-state index is 11.3. The van der Waals surface area contributed by atoms with Crippen LogP contribution in [0.3, 0.4) is 0 Å². The molecular formula is C10H9NO2S. The number of benzene rings is 1. The number of rotatable bonds is 1. The van der Waals surface area contributed by atoms with E-state index in [1.54, 1.807) is 30.6 Å². The smallest absolute Gasteiger partial charge is 0.175 e. The van der Waals surface area contributed by atoms with Crippen molar-refractivity contribution in [2.75, 3.05) is 6.26 Å². The van der Waals surface area contributed by atoms with Crippen molar-refractivity contribution < 1.29 is 8.42 Å². The summed E-state index contributed by atoms with van der Waals surface area (Å²) in [5.74, 6) is 0. The monoisotopic (exact) mass is 207 g/mol. The van der Waals surface area contributed by atoms with E-state index in [4.69, 9.17) is 0 Å². The van der Waals surface area contributed by atoms with E-state index < -0.39 is 9.84 Å². The molecular weight excluding hydrogens is 198 g/mol. The van der Waals surface area contributed by atoms with Gasteiger partial charge in [-0.2, -0.15) is 0 Å². The number of fused-ring (bicyclic) bond motifs is 1. The van der Waals surface area contributed by atoms with Crippen LogP contribution >= 0.6 is 0 Å². The van der Waals surface area contributed by atoms with Crippen LogP contribution in [-0.2, 0) is 9.84 Å². The lowest BCUT2D eigenvalue weighted by atomic mass is 10.2. The molecule has 0 radical (unpaired) electrons. The van der Waals surface area contributed by atoms with Gasteiger partial charge in [0.2, 0.25) is 0 Å². The Morgan fingerprint density at radius 3 is 2.64 bits per heavy atom. The zero-order chi connectivity index (χ0) is 10.2. The molecule has 0 atom stereocenters. The van der Waals surface area contributed by atoms with Gasteiger partial charge in [-0.25, -0.2) is 8.42 Å². The highest BCUT2D eigenvalue weighted by atomic mass is 32.2. The number of aromatic nitrogens is 1. The summed E-state index contributed by atoms with van der Waals surface area (Å²) in [6.07, 6.45) is 4.54. The fraction of sp³-hybridized carbons (Fsp3) is 0.100. The van der Waals surface area contributed by atoms with Crippen molar-refractivity contribution in [1.29, 1.82) is 0 Å². The fourth-order valence-corrected chi connectivity index (χ4v) is 1.95. The van der Waals surface area contributed by atoms with Gasteiger partial charge in [0.15, 0.2) is 9.84 Å². The average Bonchev–Trinajstić information content (AvgIpc) is 2.16. The maximum atomic E-state index is 11.3. The lowest BCUT2D eigenvalue weighted by molar-refractivity contribution is 0.602. The third-order valence-corrected chi connectivity index (χ3v) is 3.15. The number of pyridine rings is 1. The molecule has 0 saturated carbocycles. The van der Waals surface area contributed by atoms with Gasteiger partial charge < -0.3 is 0 Å². The molecule has 2 aromatic rings. The highest BCUT2D eigenvalue weighted by Gasteiger charge is 2.06. The van der Waals surface area contributed by atoms with Crippen LogP contribution in [0.2, 0.25) is 0 Å². The van der Waals surface area contributed by atoms with Crippen molar-refractivity contribution in [2.45, 2.75) is 4.90 Å². The van der Waals surface area contributed by atoms with Crippen molar-refractivity contribution in [2.24, 2.45) is 0 Å². The first-order chi connectivity index (χ1) is 6.57. The Balaban J connectivity index is 2.75. The zero-order valence-corrected chi connectivity index (χ0v) is 8.45. The minimum absolute atomic E-state index is 0.331. The second-order valence-electron chi connectivity index (χ2n) is 3.16. The van der Waals surface area contributed by atoms with Gasteiger partial charge in [0.05, 0.1) is 4.90 Å². The minimum atomic E-state index is -3.12. The highest BCUT2D eigenvalue weighted by molar-refractivity contribution is 7.90. The summed E-state index contributed by atoms with van der Waals surface area (Å²) in [5.41, 5.74) is 0. The number of sulfone groups is 1. The average molecular weight is 207 g/mol. The van der Waals surface area contributed by atoms with E-state index in [-0.39, 0.29) is 0 Å². The summed E-state index contributed by atoms with van der Waals surface area (Å²) < 4.78 is 22.5. The predicted octanol–water partition coefficient (Wildman–Crippen LogP) is 1.64. The minimum Gasteiger partial charge on any atom is -0.264 e. The number of hydrogen-bond acceptors (Lipinski definition) is 3. The Bertz CT molecular complexity index is 575. The van der Waals surface area contributed by atoms with Gasteiger partial charge in [-0.1, -0.05) is 6.07 Å². The van der Waals surface area contributed by atoms with E-state index in [0.717, 1.165) is 10.8 Å². The molecule has 2 rings (SSSR count). The molecule has 1 aromatic carbocycles. The lowest BCUT2D eigenvalue weighted by Crippen LogP contribution is -1.96. The summed E-state index contributed by atoms with van der Waals surface area (Å²) in [5, 5.41) is 1.84. The first-order valence-electron chi connectivity index (χ1n) is 4.11. The van der Waals surface area contributed by atoms with Crippen molar-refractivity contribution in [3.63, 3.8) is 0 Å². The molecule has 1 aromatic heterocycles. The molecule has 0 saturated heterocycles. The Kier molecular flexibility index (Phi) is 2.00. The molecule has 1 heterocycles. The van der Waals surface area contributed by atoms with Crippen LogP contribution in [0.1, 0.15) is 0 Å². The van der Waals surface area contributed by atoms with Gasteiger partial charge in [-0.15, -0.1) is 0 Å². The lowest BCUT2D eigenvalue weighted by Gasteiger charge is -2.00. The van der Waals surface area contributed by atoms with Crippen LogP contribution in [0.4, 0.5) is 0 Å². The van der Waals surface area contributed by atoms with Gasteiger partial charge in [0.25, 0.3) is 0 Å². The Morgan fingerprint density at radius 2 is 1.93 bits per heavy atom. The van der Waals surface area contributed by atoms with Gasteiger partial charge in [0, 0.05) is 24.0 Å². The van der Waals surface area contributed by atoms with E-state index in [1.807, 2.05) is 6.07 Å². The molecule has 0 aliphatic rings. The topological polar surface area (TPSA) is 47.0 Å². The Labute approximate surface area is 82.3 Å². The third-order valence-electron chi connectivity index (χ3n) is 2.04. The fourth-order valence-electron chi connectivity index (χ4n) is 1.29. The summed E-state index contributed by atoms with van der Waals surface area (Å²) in [4.78, 5) is 4.27. The standard InChI is InChI=1S/C10H9NO2S/c1-14(12,13)10-3-2-8-4-5-11-7-9(8)6-10/h2-7H,1H3. The molecule has 0 N–H and O–H groups in total. The summed E-state index contributed by atoms with van der Waals surface area (Å²) >= 11 is 0. The van der Waals surface area contributed by atoms with Crippen molar-refractivity contribution in [1.82, 2.24) is 4.98 Å². The van der Waals surface area contributed by atoms with Crippen molar-refractivity contribution in [3.8, 4) is 0 Å². The Morgan fingerprint density at radius 1 is 1.14 bits per heavy atom. The first kappa shape index (κ1) is 9.15. The van der Waals surface area contributed by atoms with Gasteiger partial charge in [-0.05, 0) is 23.6 Å². The van der Waals surface area contributed by atoms with Gasteiger partial charge in [0.1, 0.15) is 0 Å². The van der Waals surface area contributed by atoms with Gasteiger partial charge in [-0.3, -0.25) is 4.98 Å². The first-order valence-corrected chi connectivity index (χ1v) is 6.00. The molecule has 14 heavy (non-hydrogen) atoms. The zero-order valence-electron chi connectivity index (χ0n) is 7.64. The second kappa shape index (κ2) is 3.06. The van der Waals surface area contributed by atoms with Crippen LogP contribution in [0.5, 0.6) is 0 Å². The van der Waals surface area contributed by atoms with Crippen LogP contribution < -0.4 is 0 Å². The molecule has 4 heteroatoms. The summed E-state index contributed by atoms with van der Waals surface area (Å²) in [6.45, 7) is 0. The SMILES string of the molecule is CS(=O)(=O)c1ccc2ccncc2c1. The Hall–Kier alpha value is -1.42.